The molecule has 3 heteroatoms. The lowest BCUT2D eigenvalue weighted by Crippen LogP contribution is -2.49. The number of hydrogen-bond donors (Lipinski definition) is 1. The van der Waals surface area contributed by atoms with Crippen LogP contribution in [0.25, 0.3) is 0 Å². The highest BCUT2D eigenvalue weighted by molar-refractivity contribution is 5.05. The molecule has 1 N–H and O–H groups in total. The van der Waals surface area contributed by atoms with E-state index in [0.29, 0.717) is 0 Å². The number of nitrogens with zero attached hydrogens (tertiary/aromatic N) is 2. The fraction of sp³-hybridized carbons (Fsp3) is 0.933. The Balaban J connectivity index is 4.41. The fourth-order valence-corrected chi connectivity index (χ4v) is 1.77. The zero-order valence-corrected chi connectivity index (χ0v) is 13.1. The molecule has 0 aromatic carbocycles. The molecule has 1 atom stereocenters. The van der Waals surface area contributed by atoms with Crippen molar-refractivity contribution in [3.8, 4) is 6.07 Å². The largest absolute Gasteiger partial charge is 0.302 e. The predicted octanol–water partition coefficient (Wildman–Crippen LogP) is 2.88. The van der Waals surface area contributed by atoms with Gasteiger partial charge in [0, 0.05) is 6.54 Å². The Morgan fingerprint density at radius 3 is 1.83 bits per heavy atom. The SMILES string of the molecule is CNC(C)(C#N)CN(CCC(C)C)CCC(C)C. The van der Waals surface area contributed by atoms with E-state index in [9.17, 15) is 5.26 Å². The molecule has 106 valence electrons. The van der Waals surface area contributed by atoms with Crippen molar-refractivity contribution in [2.75, 3.05) is 26.7 Å². The molecule has 0 amide bonds. The molecule has 0 aliphatic rings. The first-order chi connectivity index (χ1) is 8.33. The average molecular weight is 253 g/mol. The van der Waals surface area contributed by atoms with E-state index >= 15 is 0 Å². The standard InChI is InChI=1S/C15H31N3/c1-13(2)7-9-18(10-8-14(3)4)12-15(5,11-16)17-6/h13-14,17H,7-10,12H2,1-6H3. The van der Waals surface area contributed by atoms with Gasteiger partial charge in [0.1, 0.15) is 5.54 Å². The van der Waals surface area contributed by atoms with Crippen LogP contribution in [0.4, 0.5) is 0 Å². The molecule has 0 saturated heterocycles. The van der Waals surface area contributed by atoms with Crippen molar-refractivity contribution < 1.29 is 0 Å². The van der Waals surface area contributed by atoms with Gasteiger partial charge >= 0.3 is 0 Å². The Kier molecular flexibility index (Phi) is 8.22. The van der Waals surface area contributed by atoms with E-state index in [1.165, 1.54) is 12.8 Å². The monoisotopic (exact) mass is 253 g/mol. The van der Waals surface area contributed by atoms with Crippen LogP contribution in [0, 0.1) is 23.2 Å². The molecule has 0 fully saturated rings. The molecule has 0 rings (SSSR count). The van der Waals surface area contributed by atoms with E-state index in [-0.39, 0.29) is 0 Å². The van der Waals surface area contributed by atoms with E-state index in [4.69, 9.17) is 0 Å². The van der Waals surface area contributed by atoms with E-state index in [0.717, 1.165) is 31.5 Å². The molecule has 0 saturated carbocycles. The maximum absolute atomic E-state index is 9.25. The van der Waals surface area contributed by atoms with E-state index in [1.54, 1.807) is 0 Å². The Bertz CT molecular complexity index is 243. The minimum Gasteiger partial charge on any atom is -0.302 e. The molecule has 1 unspecified atom stereocenters. The highest BCUT2D eigenvalue weighted by atomic mass is 15.2. The van der Waals surface area contributed by atoms with Crippen molar-refractivity contribution in [1.82, 2.24) is 10.2 Å². The number of nitriles is 1. The summed E-state index contributed by atoms with van der Waals surface area (Å²) in [5, 5.41) is 12.4. The van der Waals surface area contributed by atoms with Crippen molar-refractivity contribution in [2.45, 2.75) is 53.0 Å². The van der Waals surface area contributed by atoms with Crippen LogP contribution < -0.4 is 5.32 Å². The van der Waals surface area contributed by atoms with Crippen molar-refractivity contribution in [2.24, 2.45) is 11.8 Å². The second-order valence-electron chi connectivity index (χ2n) is 6.34. The van der Waals surface area contributed by atoms with Crippen LogP contribution in [-0.4, -0.2) is 37.1 Å². The highest BCUT2D eigenvalue weighted by Gasteiger charge is 2.24. The summed E-state index contributed by atoms with van der Waals surface area (Å²) in [5.41, 5.74) is -0.437. The Morgan fingerprint density at radius 1 is 1.11 bits per heavy atom. The van der Waals surface area contributed by atoms with Gasteiger partial charge < -0.3 is 10.2 Å². The Hall–Kier alpha value is -0.590. The molecule has 3 nitrogen and oxygen atoms in total. The van der Waals surface area contributed by atoms with Crippen LogP contribution in [-0.2, 0) is 0 Å². The van der Waals surface area contributed by atoms with Gasteiger partial charge in [0.25, 0.3) is 0 Å². The average Bonchev–Trinajstić information content (AvgIpc) is 2.32. The smallest absolute Gasteiger partial charge is 0.116 e. The number of rotatable bonds is 9. The van der Waals surface area contributed by atoms with Gasteiger partial charge in [-0.05, 0) is 51.7 Å². The number of nitrogens with one attached hydrogen (secondary N) is 1. The quantitative estimate of drug-likeness (QED) is 0.687. The van der Waals surface area contributed by atoms with Gasteiger partial charge in [-0.1, -0.05) is 27.7 Å². The van der Waals surface area contributed by atoms with Crippen LogP contribution in [0.5, 0.6) is 0 Å². The minimum atomic E-state index is -0.437. The van der Waals surface area contributed by atoms with Crippen LogP contribution in [0.3, 0.4) is 0 Å². The second kappa shape index (κ2) is 8.50. The minimum absolute atomic E-state index is 0.437. The molecule has 0 aromatic heterocycles. The van der Waals surface area contributed by atoms with E-state index < -0.39 is 5.54 Å². The third-order valence-corrected chi connectivity index (χ3v) is 3.38. The molecule has 0 aromatic rings. The third-order valence-electron chi connectivity index (χ3n) is 3.38. The van der Waals surface area contributed by atoms with Gasteiger partial charge in [-0.2, -0.15) is 5.26 Å². The lowest BCUT2D eigenvalue weighted by atomic mass is 10.0. The third kappa shape index (κ3) is 7.68. The second-order valence-corrected chi connectivity index (χ2v) is 6.34. The number of likely N-dealkylation sites (N-methyl/N-ethyl adjacent to an activating group) is 1. The van der Waals surface area contributed by atoms with Gasteiger partial charge in [0.05, 0.1) is 6.07 Å². The normalized spacial score (nSPS) is 15.1. The highest BCUT2D eigenvalue weighted by Crippen LogP contribution is 2.11. The summed E-state index contributed by atoms with van der Waals surface area (Å²) >= 11 is 0. The van der Waals surface area contributed by atoms with E-state index in [2.05, 4.69) is 44.0 Å². The molecule has 0 radical (unpaired) electrons. The van der Waals surface area contributed by atoms with Crippen molar-refractivity contribution in [3.05, 3.63) is 0 Å². The van der Waals surface area contributed by atoms with Crippen LogP contribution in [0.15, 0.2) is 0 Å². The first-order valence-corrected chi connectivity index (χ1v) is 7.15. The lowest BCUT2D eigenvalue weighted by molar-refractivity contribution is 0.204. The summed E-state index contributed by atoms with van der Waals surface area (Å²) in [5.74, 6) is 1.43. The van der Waals surface area contributed by atoms with Crippen LogP contribution in [0.1, 0.15) is 47.5 Å². The summed E-state index contributed by atoms with van der Waals surface area (Å²) in [6, 6.07) is 2.38. The Labute approximate surface area is 114 Å². The molecule has 18 heavy (non-hydrogen) atoms. The number of hydrogen-bond acceptors (Lipinski definition) is 3. The summed E-state index contributed by atoms with van der Waals surface area (Å²) in [7, 11) is 1.87. The zero-order chi connectivity index (χ0) is 14.2. The molecule has 0 spiro atoms. The maximum Gasteiger partial charge on any atom is 0.116 e. The molecular weight excluding hydrogens is 222 g/mol. The van der Waals surface area contributed by atoms with Gasteiger partial charge in [-0.15, -0.1) is 0 Å². The summed E-state index contributed by atoms with van der Waals surface area (Å²) in [4.78, 5) is 2.43. The Morgan fingerprint density at radius 2 is 1.56 bits per heavy atom. The molecular formula is C15H31N3. The summed E-state index contributed by atoms with van der Waals surface area (Å²) in [6.45, 7) is 14.0. The van der Waals surface area contributed by atoms with Crippen molar-refractivity contribution in [3.63, 3.8) is 0 Å². The van der Waals surface area contributed by atoms with E-state index in [1.807, 2.05) is 14.0 Å². The summed E-state index contributed by atoms with van der Waals surface area (Å²) in [6.07, 6.45) is 2.40. The van der Waals surface area contributed by atoms with Gasteiger partial charge in [-0.3, -0.25) is 0 Å². The maximum atomic E-state index is 9.25. The molecule has 0 heterocycles. The van der Waals surface area contributed by atoms with Crippen LogP contribution >= 0.6 is 0 Å². The zero-order valence-electron chi connectivity index (χ0n) is 13.1. The fourth-order valence-electron chi connectivity index (χ4n) is 1.77. The van der Waals surface area contributed by atoms with Crippen molar-refractivity contribution >= 4 is 0 Å². The molecule has 0 aliphatic carbocycles. The van der Waals surface area contributed by atoms with Gasteiger partial charge in [0.2, 0.25) is 0 Å². The van der Waals surface area contributed by atoms with Gasteiger partial charge in [0.15, 0.2) is 0 Å². The molecule has 0 aliphatic heterocycles. The predicted molar refractivity (Wildman–Crippen MR) is 78.4 cm³/mol. The van der Waals surface area contributed by atoms with Crippen LogP contribution in [0.2, 0.25) is 0 Å². The first kappa shape index (κ1) is 17.4. The molecule has 0 bridgehead atoms. The topological polar surface area (TPSA) is 39.1 Å². The summed E-state index contributed by atoms with van der Waals surface area (Å²) < 4.78 is 0. The first-order valence-electron chi connectivity index (χ1n) is 7.15. The van der Waals surface area contributed by atoms with Gasteiger partial charge in [-0.25, -0.2) is 0 Å². The van der Waals surface area contributed by atoms with Crippen molar-refractivity contribution in [1.29, 1.82) is 5.26 Å². The lowest BCUT2D eigenvalue weighted by Gasteiger charge is -2.31.